The standard InChI is InChI=1S/C9H17N3O2/c13-6-5-12-8(14)7-9(11-12)1-3-10-4-2-9/h10-11,13H,1-7H2. The fourth-order valence-corrected chi connectivity index (χ4v) is 2.25. The minimum absolute atomic E-state index is 0.0209. The van der Waals surface area contributed by atoms with E-state index in [0.29, 0.717) is 13.0 Å². The molecule has 0 unspecified atom stereocenters. The first-order chi connectivity index (χ1) is 6.76. The van der Waals surface area contributed by atoms with Gasteiger partial charge in [-0.05, 0) is 25.9 Å². The minimum Gasteiger partial charge on any atom is -0.394 e. The van der Waals surface area contributed by atoms with Crippen molar-refractivity contribution in [1.82, 2.24) is 15.8 Å². The van der Waals surface area contributed by atoms with Crippen molar-refractivity contribution in [1.29, 1.82) is 0 Å². The third kappa shape index (κ3) is 1.75. The number of β-amino-alcohol motifs (C(OH)–C–C–N with tert-alkyl or cyclic N) is 1. The Balaban J connectivity index is 1.99. The van der Waals surface area contributed by atoms with E-state index < -0.39 is 0 Å². The second-order valence-corrected chi connectivity index (χ2v) is 4.09. The molecular weight excluding hydrogens is 182 g/mol. The molecule has 2 saturated heterocycles. The Labute approximate surface area is 83.4 Å². The molecule has 5 heteroatoms. The van der Waals surface area contributed by atoms with Crippen molar-refractivity contribution in [2.24, 2.45) is 0 Å². The number of amides is 1. The number of hydrogen-bond acceptors (Lipinski definition) is 4. The van der Waals surface area contributed by atoms with Gasteiger partial charge >= 0.3 is 0 Å². The van der Waals surface area contributed by atoms with Crippen LogP contribution in [-0.2, 0) is 4.79 Å². The Morgan fingerprint density at radius 1 is 1.43 bits per heavy atom. The van der Waals surface area contributed by atoms with Gasteiger partial charge in [-0.1, -0.05) is 0 Å². The highest BCUT2D eigenvalue weighted by atomic mass is 16.3. The molecule has 2 aliphatic rings. The highest BCUT2D eigenvalue weighted by Crippen LogP contribution is 2.28. The molecule has 3 N–H and O–H groups in total. The number of aliphatic hydroxyl groups is 1. The summed E-state index contributed by atoms with van der Waals surface area (Å²) in [6, 6.07) is 0. The summed E-state index contributed by atoms with van der Waals surface area (Å²) in [6.07, 6.45) is 2.55. The molecule has 2 aliphatic heterocycles. The quantitative estimate of drug-likeness (QED) is 0.525. The summed E-state index contributed by atoms with van der Waals surface area (Å²) in [5.41, 5.74) is 3.21. The number of nitrogens with one attached hydrogen (secondary N) is 2. The van der Waals surface area contributed by atoms with Crippen LogP contribution in [0.5, 0.6) is 0 Å². The summed E-state index contributed by atoms with van der Waals surface area (Å²) >= 11 is 0. The summed E-state index contributed by atoms with van der Waals surface area (Å²) in [4.78, 5) is 11.6. The first-order valence-corrected chi connectivity index (χ1v) is 5.16. The smallest absolute Gasteiger partial charge is 0.238 e. The predicted octanol–water partition coefficient (Wildman–Crippen LogP) is -1.16. The number of rotatable bonds is 2. The van der Waals surface area contributed by atoms with E-state index in [4.69, 9.17) is 5.11 Å². The maximum absolute atomic E-state index is 11.6. The second kappa shape index (κ2) is 3.84. The van der Waals surface area contributed by atoms with Crippen LogP contribution in [0.2, 0.25) is 0 Å². The molecule has 80 valence electrons. The highest BCUT2D eigenvalue weighted by molar-refractivity contribution is 5.79. The van der Waals surface area contributed by atoms with Crippen LogP contribution in [0, 0.1) is 0 Å². The van der Waals surface area contributed by atoms with Crippen LogP contribution in [0.1, 0.15) is 19.3 Å². The zero-order chi connectivity index (χ0) is 10.0. The van der Waals surface area contributed by atoms with Gasteiger partial charge < -0.3 is 10.4 Å². The van der Waals surface area contributed by atoms with Crippen molar-refractivity contribution >= 4 is 5.91 Å². The van der Waals surface area contributed by atoms with Gasteiger partial charge in [-0.25, -0.2) is 5.43 Å². The normalized spacial score (nSPS) is 26.1. The molecule has 0 aromatic carbocycles. The molecule has 1 amide bonds. The number of piperidine rings is 1. The van der Waals surface area contributed by atoms with Crippen molar-refractivity contribution in [3.8, 4) is 0 Å². The van der Waals surface area contributed by atoms with Gasteiger partial charge in [0.15, 0.2) is 0 Å². The van der Waals surface area contributed by atoms with Crippen molar-refractivity contribution in [2.75, 3.05) is 26.2 Å². The van der Waals surface area contributed by atoms with Gasteiger partial charge in [-0.3, -0.25) is 9.80 Å². The Bertz CT molecular complexity index is 226. The van der Waals surface area contributed by atoms with Gasteiger partial charge in [0.2, 0.25) is 5.91 Å². The van der Waals surface area contributed by atoms with E-state index in [2.05, 4.69) is 10.7 Å². The lowest BCUT2D eigenvalue weighted by molar-refractivity contribution is -0.130. The van der Waals surface area contributed by atoms with E-state index in [-0.39, 0.29) is 18.1 Å². The molecular formula is C9H17N3O2. The molecule has 0 aromatic heterocycles. The summed E-state index contributed by atoms with van der Waals surface area (Å²) in [5, 5.41) is 13.6. The van der Waals surface area contributed by atoms with E-state index >= 15 is 0 Å². The zero-order valence-electron chi connectivity index (χ0n) is 8.25. The van der Waals surface area contributed by atoms with Gasteiger partial charge in [-0.15, -0.1) is 0 Å². The van der Waals surface area contributed by atoms with Gasteiger partial charge in [0, 0.05) is 12.0 Å². The van der Waals surface area contributed by atoms with Crippen molar-refractivity contribution in [2.45, 2.75) is 24.8 Å². The fraction of sp³-hybridized carbons (Fsp3) is 0.889. The first kappa shape index (κ1) is 9.89. The number of nitrogens with zero attached hydrogens (tertiary/aromatic N) is 1. The van der Waals surface area contributed by atoms with Crippen molar-refractivity contribution in [3.63, 3.8) is 0 Å². The van der Waals surface area contributed by atoms with Crippen molar-refractivity contribution < 1.29 is 9.90 Å². The third-order valence-corrected chi connectivity index (χ3v) is 3.05. The van der Waals surface area contributed by atoms with Gasteiger partial charge in [0.25, 0.3) is 0 Å². The summed E-state index contributed by atoms with van der Waals surface area (Å²) in [6.45, 7) is 2.35. The van der Waals surface area contributed by atoms with Crippen LogP contribution in [0.3, 0.4) is 0 Å². The van der Waals surface area contributed by atoms with E-state index in [1.165, 1.54) is 0 Å². The van der Waals surface area contributed by atoms with E-state index in [1.807, 2.05) is 0 Å². The lowest BCUT2D eigenvalue weighted by Gasteiger charge is -2.33. The molecule has 0 bridgehead atoms. The average molecular weight is 199 g/mol. The monoisotopic (exact) mass is 199 g/mol. The van der Waals surface area contributed by atoms with Gasteiger partial charge in [0.05, 0.1) is 13.2 Å². The predicted molar refractivity (Wildman–Crippen MR) is 51.4 cm³/mol. The lowest BCUT2D eigenvalue weighted by atomic mass is 9.87. The fourth-order valence-electron chi connectivity index (χ4n) is 2.25. The van der Waals surface area contributed by atoms with Gasteiger partial charge in [-0.2, -0.15) is 0 Å². The third-order valence-electron chi connectivity index (χ3n) is 3.05. The molecule has 0 aromatic rings. The summed E-state index contributed by atoms with van der Waals surface area (Å²) in [5.74, 6) is 0.112. The highest BCUT2D eigenvalue weighted by Gasteiger charge is 2.42. The molecule has 14 heavy (non-hydrogen) atoms. The zero-order valence-corrected chi connectivity index (χ0v) is 8.25. The number of carbonyl (C=O) groups is 1. The Kier molecular flexibility index (Phi) is 2.71. The average Bonchev–Trinajstić information content (AvgIpc) is 2.45. The minimum atomic E-state index is -0.0303. The number of hydrogen-bond donors (Lipinski definition) is 3. The molecule has 2 rings (SSSR count). The molecule has 0 radical (unpaired) electrons. The second-order valence-electron chi connectivity index (χ2n) is 4.09. The molecule has 1 spiro atoms. The topological polar surface area (TPSA) is 64.6 Å². The molecule has 0 atom stereocenters. The molecule has 5 nitrogen and oxygen atoms in total. The Morgan fingerprint density at radius 2 is 2.14 bits per heavy atom. The number of aliphatic hydroxyl groups excluding tert-OH is 1. The van der Waals surface area contributed by atoms with E-state index in [9.17, 15) is 4.79 Å². The molecule has 0 saturated carbocycles. The van der Waals surface area contributed by atoms with Gasteiger partial charge in [0.1, 0.15) is 0 Å². The van der Waals surface area contributed by atoms with Crippen LogP contribution < -0.4 is 10.7 Å². The SMILES string of the molecule is O=C1CC2(CCNCC2)NN1CCO. The number of carbonyl (C=O) groups excluding carboxylic acids is 1. The maximum atomic E-state index is 11.6. The van der Waals surface area contributed by atoms with E-state index in [1.54, 1.807) is 5.01 Å². The first-order valence-electron chi connectivity index (χ1n) is 5.16. The molecule has 2 heterocycles. The number of hydrazine groups is 1. The van der Waals surface area contributed by atoms with Crippen LogP contribution in [0.15, 0.2) is 0 Å². The molecule has 0 aliphatic carbocycles. The van der Waals surface area contributed by atoms with Crippen LogP contribution in [0.4, 0.5) is 0 Å². The lowest BCUT2D eigenvalue weighted by Crippen LogP contribution is -2.52. The van der Waals surface area contributed by atoms with E-state index in [0.717, 1.165) is 25.9 Å². The Hall–Kier alpha value is -0.650. The van der Waals surface area contributed by atoms with Crippen LogP contribution >= 0.6 is 0 Å². The van der Waals surface area contributed by atoms with Crippen LogP contribution in [-0.4, -0.2) is 47.8 Å². The summed E-state index contributed by atoms with van der Waals surface area (Å²) in [7, 11) is 0. The van der Waals surface area contributed by atoms with Crippen LogP contribution in [0.25, 0.3) is 0 Å². The largest absolute Gasteiger partial charge is 0.394 e. The Morgan fingerprint density at radius 3 is 2.79 bits per heavy atom. The maximum Gasteiger partial charge on any atom is 0.238 e. The molecule has 2 fully saturated rings. The van der Waals surface area contributed by atoms with Crippen molar-refractivity contribution in [3.05, 3.63) is 0 Å². The summed E-state index contributed by atoms with van der Waals surface area (Å²) < 4.78 is 0.